The molecule has 3 aliphatic heterocycles. The van der Waals surface area contributed by atoms with Crippen molar-refractivity contribution in [2.45, 2.75) is 36.8 Å². The monoisotopic (exact) mass is 574 g/mol. The molecule has 0 bridgehead atoms. The third-order valence-corrected chi connectivity index (χ3v) is 10.5. The van der Waals surface area contributed by atoms with Gasteiger partial charge in [-0.3, -0.25) is 14.5 Å². The van der Waals surface area contributed by atoms with Gasteiger partial charge in [-0.05, 0) is 84.2 Å². The molecule has 8 rings (SSSR count). The van der Waals surface area contributed by atoms with E-state index in [9.17, 15) is 8.78 Å². The summed E-state index contributed by atoms with van der Waals surface area (Å²) in [6.07, 6.45) is 4.64. The lowest BCUT2D eigenvalue weighted by atomic mass is 9.54. The maximum atomic E-state index is 15.5. The number of carbonyl (C=O) groups excluding carboxylic acids is 2. The highest BCUT2D eigenvalue weighted by Crippen LogP contribution is 2.69. The lowest BCUT2D eigenvalue weighted by Gasteiger charge is -2.52. The lowest BCUT2D eigenvalue weighted by Crippen LogP contribution is -2.65. The third-order valence-electron chi connectivity index (χ3n) is 10.5. The number of hydrogen-bond donors (Lipinski definition) is 0. The Morgan fingerprint density at radius 3 is 2.28 bits per heavy atom. The summed E-state index contributed by atoms with van der Waals surface area (Å²) in [4.78, 5) is 35.3. The summed E-state index contributed by atoms with van der Waals surface area (Å²) < 4.78 is 28.1. The van der Waals surface area contributed by atoms with Gasteiger partial charge < -0.3 is 4.90 Å². The largest absolute Gasteiger partial charge is 0.301 e. The molecule has 4 aliphatic rings. The van der Waals surface area contributed by atoms with E-state index in [-0.39, 0.29) is 35.2 Å². The number of halogens is 2. The van der Waals surface area contributed by atoms with Gasteiger partial charge in [-0.2, -0.15) is 0 Å². The topological polar surface area (TPSA) is 40.6 Å². The van der Waals surface area contributed by atoms with E-state index in [1.54, 1.807) is 12.1 Å². The molecular formula is C37H32F2N2O2. The van der Waals surface area contributed by atoms with Crippen LogP contribution in [0.4, 0.5) is 8.78 Å². The molecule has 6 heteroatoms. The Morgan fingerprint density at radius 2 is 1.53 bits per heavy atom. The molecule has 1 aliphatic carbocycles. The van der Waals surface area contributed by atoms with Gasteiger partial charge in [-0.1, -0.05) is 67.1 Å². The molecule has 3 saturated heterocycles. The summed E-state index contributed by atoms with van der Waals surface area (Å²) >= 11 is 0. The Balaban J connectivity index is 1.46. The predicted molar refractivity (Wildman–Crippen MR) is 163 cm³/mol. The molecule has 0 radical (unpaired) electrons. The van der Waals surface area contributed by atoms with E-state index in [0.29, 0.717) is 30.8 Å². The molecule has 0 aromatic heterocycles. The van der Waals surface area contributed by atoms with Crippen molar-refractivity contribution in [3.63, 3.8) is 0 Å². The molecule has 4 nitrogen and oxygen atoms in total. The normalized spacial score (nSPS) is 29.8. The number of ketones is 2. The Bertz CT molecular complexity index is 1830. The summed E-state index contributed by atoms with van der Waals surface area (Å²) in [6, 6.07) is 24.6. The van der Waals surface area contributed by atoms with Crippen molar-refractivity contribution in [2.24, 2.45) is 5.41 Å². The maximum Gasteiger partial charge on any atom is 0.189 e. The second kappa shape index (κ2) is 9.50. The standard InChI is InChI=1S/C37H32F2N2O2/c1-40-21-26(20-23-11-15-27(38)16-12-23)34(42)36(22-40)33(25-13-17-28(39)18-14-25)31-10-2-3-19-41(31)37(36)30-9-5-7-24-6-4-8-29(32(24)30)35(37)43/h4-9,11-18,20,31,33H,2-3,10,19,21-22H2,1H3/b26-20+/t31-,33-,36-,37-/m1/s1. The number of carbonyl (C=O) groups is 2. The number of rotatable bonds is 2. The molecule has 4 aromatic carbocycles. The second-order valence-corrected chi connectivity index (χ2v) is 12.7. The molecular weight excluding hydrogens is 542 g/mol. The zero-order chi connectivity index (χ0) is 29.5. The van der Waals surface area contributed by atoms with Gasteiger partial charge in [0.1, 0.15) is 17.2 Å². The van der Waals surface area contributed by atoms with Crippen molar-refractivity contribution in [3.05, 3.63) is 124 Å². The smallest absolute Gasteiger partial charge is 0.189 e. The van der Waals surface area contributed by atoms with E-state index in [2.05, 4.69) is 15.9 Å². The summed E-state index contributed by atoms with van der Waals surface area (Å²) in [5.74, 6) is -1.06. The zero-order valence-electron chi connectivity index (χ0n) is 24.0. The van der Waals surface area contributed by atoms with Crippen LogP contribution in [-0.2, 0) is 10.3 Å². The summed E-state index contributed by atoms with van der Waals surface area (Å²) in [6.45, 7) is 1.51. The lowest BCUT2D eigenvalue weighted by molar-refractivity contribution is -0.134. The van der Waals surface area contributed by atoms with Crippen LogP contribution in [0.3, 0.4) is 0 Å². The number of nitrogens with zero attached hydrogens (tertiary/aromatic N) is 2. The molecule has 0 amide bonds. The second-order valence-electron chi connectivity index (χ2n) is 12.7. The van der Waals surface area contributed by atoms with Crippen LogP contribution in [0.2, 0.25) is 0 Å². The molecule has 3 heterocycles. The van der Waals surface area contributed by atoms with Gasteiger partial charge in [0.2, 0.25) is 0 Å². The van der Waals surface area contributed by atoms with Crippen molar-refractivity contribution >= 4 is 28.4 Å². The fraction of sp³-hybridized carbons (Fsp3) is 0.297. The van der Waals surface area contributed by atoms with Crippen molar-refractivity contribution in [3.8, 4) is 0 Å². The quantitative estimate of drug-likeness (QED) is 0.249. The van der Waals surface area contributed by atoms with Gasteiger partial charge in [-0.15, -0.1) is 0 Å². The first-order chi connectivity index (χ1) is 20.9. The number of piperidine rings is 2. The number of benzene rings is 4. The van der Waals surface area contributed by atoms with Crippen LogP contribution in [0.5, 0.6) is 0 Å². The third kappa shape index (κ3) is 3.48. The number of likely N-dealkylation sites (N-methyl/N-ethyl adjacent to an activating group) is 1. The molecule has 4 aromatic rings. The van der Waals surface area contributed by atoms with Gasteiger partial charge in [-0.25, -0.2) is 8.78 Å². The van der Waals surface area contributed by atoms with E-state index < -0.39 is 11.0 Å². The first-order valence-electron chi connectivity index (χ1n) is 15.1. The number of likely N-dealkylation sites (tertiary alicyclic amines) is 1. The summed E-state index contributed by atoms with van der Waals surface area (Å²) in [7, 11) is 2.01. The van der Waals surface area contributed by atoms with Gasteiger partial charge in [0.15, 0.2) is 11.6 Å². The van der Waals surface area contributed by atoms with E-state index in [1.807, 2.05) is 55.6 Å². The molecule has 0 unspecified atom stereocenters. The Labute approximate surface area is 249 Å². The minimum absolute atomic E-state index is 0.0133. The van der Waals surface area contributed by atoms with Gasteiger partial charge in [0.05, 0.1) is 5.41 Å². The molecule has 0 N–H and O–H groups in total. The predicted octanol–water partition coefficient (Wildman–Crippen LogP) is 6.75. The molecule has 2 spiro atoms. The zero-order valence-corrected chi connectivity index (χ0v) is 24.0. The molecule has 0 saturated carbocycles. The van der Waals surface area contributed by atoms with Crippen LogP contribution in [-0.4, -0.2) is 54.1 Å². The van der Waals surface area contributed by atoms with Crippen LogP contribution in [0.25, 0.3) is 16.8 Å². The number of Topliss-reactive ketones (excluding diaryl/α,β-unsaturated/α-hetero) is 2. The number of hydrogen-bond acceptors (Lipinski definition) is 4. The van der Waals surface area contributed by atoms with Gasteiger partial charge in [0, 0.05) is 36.2 Å². The first kappa shape index (κ1) is 26.6. The van der Waals surface area contributed by atoms with Gasteiger partial charge in [0.25, 0.3) is 0 Å². The number of fused-ring (bicyclic) bond motifs is 4. The van der Waals surface area contributed by atoms with E-state index in [0.717, 1.165) is 46.7 Å². The van der Waals surface area contributed by atoms with Crippen molar-refractivity contribution < 1.29 is 18.4 Å². The fourth-order valence-corrected chi connectivity index (χ4v) is 9.18. The van der Waals surface area contributed by atoms with E-state index in [1.165, 1.54) is 24.3 Å². The minimum Gasteiger partial charge on any atom is -0.301 e. The van der Waals surface area contributed by atoms with Crippen LogP contribution in [0, 0.1) is 17.0 Å². The maximum absolute atomic E-state index is 15.5. The average molecular weight is 575 g/mol. The SMILES string of the molecule is CN1C/C(=C\c2ccc(F)cc2)C(=O)[C@@]2(C1)[C@H](c1ccc(F)cc1)[C@H]1CCCCN1[C@]21C(=O)c2cccc3cccc1c23. The first-order valence-corrected chi connectivity index (χ1v) is 15.1. The Morgan fingerprint density at radius 1 is 0.837 bits per heavy atom. The van der Waals surface area contributed by atoms with Crippen molar-refractivity contribution in [2.75, 3.05) is 26.7 Å². The Kier molecular flexibility index (Phi) is 5.88. The average Bonchev–Trinajstić information content (AvgIpc) is 3.42. The molecule has 3 fully saturated rings. The Hall–Kier alpha value is -4.00. The minimum atomic E-state index is -1.21. The van der Waals surface area contributed by atoms with Crippen LogP contribution in [0.15, 0.2) is 90.5 Å². The van der Waals surface area contributed by atoms with Crippen molar-refractivity contribution in [1.29, 1.82) is 0 Å². The van der Waals surface area contributed by atoms with Gasteiger partial charge >= 0.3 is 0 Å². The van der Waals surface area contributed by atoms with Crippen LogP contribution in [0.1, 0.15) is 52.2 Å². The van der Waals surface area contributed by atoms with Crippen LogP contribution >= 0.6 is 0 Å². The van der Waals surface area contributed by atoms with Crippen molar-refractivity contribution in [1.82, 2.24) is 9.80 Å². The van der Waals surface area contributed by atoms with E-state index in [4.69, 9.17) is 0 Å². The highest BCUT2D eigenvalue weighted by molar-refractivity contribution is 6.24. The highest BCUT2D eigenvalue weighted by Gasteiger charge is 2.77. The molecule has 216 valence electrons. The summed E-state index contributed by atoms with van der Waals surface area (Å²) in [5, 5.41) is 1.93. The van der Waals surface area contributed by atoms with E-state index >= 15 is 9.59 Å². The van der Waals surface area contributed by atoms with Crippen LogP contribution < -0.4 is 0 Å². The highest BCUT2D eigenvalue weighted by atomic mass is 19.1. The summed E-state index contributed by atoms with van der Waals surface area (Å²) in [5.41, 5.74) is 1.41. The fourth-order valence-electron chi connectivity index (χ4n) is 9.18. The molecule has 43 heavy (non-hydrogen) atoms. The molecule has 4 atom stereocenters.